The first kappa shape index (κ1) is 27.5. The van der Waals surface area contributed by atoms with Crippen LogP contribution < -0.4 is 10.6 Å². The van der Waals surface area contributed by atoms with Crippen LogP contribution >= 0.6 is 24.0 Å². The molecule has 1 atom stereocenters. The first-order valence-corrected chi connectivity index (χ1v) is 11.6. The number of oxazole rings is 1. The monoisotopic (exact) mass is 573 g/mol. The van der Waals surface area contributed by atoms with Gasteiger partial charge in [-0.05, 0) is 43.5 Å². The van der Waals surface area contributed by atoms with E-state index in [0.717, 1.165) is 63.0 Å². The molecule has 0 bridgehead atoms. The molecule has 1 aliphatic heterocycles. The van der Waals surface area contributed by atoms with Gasteiger partial charge in [-0.3, -0.25) is 9.89 Å². The number of ether oxygens (including phenoxy) is 1. The Labute approximate surface area is 213 Å². The maximum atomic E-state index is 13.1. The standard InChI is InChI=1S/C24H36FN5O2.HI/c1-4-26-24(28-16-22(15-18(2)3)30-11-13-31-14-12-30)27-10-9-21-17-32-23(29-21)19-5-7-20(25)8-6-19;/h5-8,17-18,22H,4,9-16H2,1-3H3,(H2,26,27,28);1H. The molecule has 33 heavy (non-hydrogen) atoms. The molecule has 0 amide bonds. The fourth-order valence-electron chi connectivity index (χ4n) is 3.82. The summed E-state index contributed by atoms with van der Waals surface area (Å²) in [5.41, 5.74) is 1.61. The molecule has 9 heteroatoms. The van der Waals surface area contributed by atoms with Crippen molar-refractivity contribution in [3.05, 3.63) is 42.0 Å². The number of nitrogens with one attached hydrogen (secondary N) is 2. The molecule has 1 aromatic heterocycles. The smallest absolute Gasteiger partial charge is 0.226 e. The minimum Gasteiger partial charge on any atom is -0.444 e. The van der Waals surface area contributed by atoms with Crippen LogP contribution in [-0.4, -0.2) is 67.8 Å². The SMILES string of the molecule is CCNC(=NCC(CC(C)C)N1CCOCC1)NCCc1coc(-c2ccc(F)cc2)n1.I. The van der Waals surface area contributed by atoms with Crippen LogP contribution in [0, 0.1) is 11.7 Å². The van der Waals surface area contributed by atoms with Crippen LogP contribution in [0.5, 0.6) is 0 Å². The van der Waals surface area contributed by atoms with E-state index in [1.54, 1.807) is 18.4 Å². The number of nitrogens with zero attached hydrogens (tertiary/aromatic N) is 3. The predicted molar refractivity (Wildman–Crippen MR) is 141 cm³/mol. The van der Waals surface area contributed by atoms with Crippen LogP contribution in [0.2, 0.25) is 0 Å². The van der Waals surface area contributed by atoms with Gasteiger partial charge in [0, 0.05) is 44.2 Å². The van der Waals surface area contributed by atoms with Crippen molar-refractivity contribution in [3.8, 4) is 11.5 Å². The third-order valence-corrected chi connectivity index (χ3v) is 5.43. The van der Waals surface area contributed by atoms with Gasteiger partial charge >= 0.3 is 0 Å². The van der Waals surface area contributed by atoms with Crippen molar-refractivity contribution < 1.29 is 13.5 Å². The molecule has 184 valence electrons. The minimum absolute atomic E-state index is 0. The fraction of sp³-hybridized carbons (Fsp3) is 0.583. The molecule has 1 saturated heterocycles. The third-order valence-electron chi connectivity index (χ3n) is 5.43. The zero-order chi connectivity index (χ0) is 22.8. The zero-order valence-corrected chi connectivity index (χ0v) is 22.2. The summed E-state index contributed by atoms with van der Waals surface area (Å²) in [6, 6.07) is 6.57. The molecule has 0 spiro atoms. The summed E-state index contributed by atoms with van der Waals surface area (Å²) in [6.07, 6.45) is 3.48. The molecule has 0 saturated carbocycles. The Bertz CT molecular complexity index is 838. The van der Waals surface area contributed by atoms with Crippen LogP contribution in [0.1, 0.15) is 32.9 Å². The maximum Gasteiger partial charge on any atom is 0.226 e. The quantitative estimate of drug-likeness (QED) is 0.255. The van der Waals surface area contributed by atoms with E-state index in [1.807, 2.05) is 0 Å². The van der Waals surface area contributed by atoms with Crippen LogP contribution in [0.15, 0.2) is 39.9 Å². The van der Waals surface area contributed by atoms with Gasteiger partial charge in [-0.15, -0.1) is 24.0 Å². The van der Waals surface area contributed by atoms with E-state index in [4.69, 9.17) is 14.1 Å². The number of aliphatic imine (C=N–C) groups is 1. The van der Waals surface area contributed by atoms with E-state index in [9.17, 15) is 4.39 Å². The molecule has 1 unspecified atom stereocenters. The van der Waals surface area contributed by atoms with Gasteiger partial charge in [0.25, 0.3) is 0 Å². The highest BCUT2D eigenvalue weighted by molar-refractivity contribution is 14.0. The Morgan fingerprint density at radius 2 is 1.91 bits per heavy atom. The zero-order valence-electron chi connectivity index (χ0n) is 19.8. The lowest BCUT2D eigenvalue weighted by atomic mass is 10.0. The van der Waals surface area contributed by atoms with Gasteiger partial charge in [0.1, 0.15) is 12.1 Å². The largest absolute Gasteiger partial charge is 0.444 e. The minimum atomic E-state index is -0.274. The summed E-state index contributed by atoms with van der Waals surface area (Å²) < 4.78 is 24.2. The van der Waals surface area contributed by atoms with Gasteiger partial charge in [-0.1, -0.05) is 13.8 Å². The molecule has 3 rings (SSSR count). The topological polar surface area (TPSA) is 74.9 Å². The highest BCUT2D eigenvalue weighted by Crippen LogP contribution is 2.19. The van der Waals surface area contributed by atoms with Gasteiger partial charge in [0.05, 0.1) is 25.5 Å². The van der Waals surface area contributed by atoms with Crippen molar-refractivity contribution in [1.29, 1.82) is 0 Å². The van der Waals surface area contributed by atoms with E-state index < -0.39 is 0 Å². The number of hydrogen-bond acceptors (Lipinski definition) is 5. The van der Waals surface area contributed by atoms with Crippen LogP contribution in [-0.2, 0) is 11.2 Å². The summed E-state index contributed by atoms with van der Waals surface area (Å²) >= 11 is 0. The van der Waals surface area contributed by atoms with Crippen LogP contribution in [0.3, 0.4) is 0 Å². The Morgan fingerprint density at radius 3 is 2.58 bits per heavy atom. The second-order valence-corrected chi connectivity index (χ2v) is 8.48. The highest BCUT2D eigenvalue weighted by Gasteiger charge is 2.21. The summed E-state index contributed by atoms with van der Waals surface area (Å²) in [4.78, 5) is 11.9. The lowest BCUT2D eigenvalue weighted by Gasteiger charge is -2.34. The molecule has 2 heterocycles. The van der Waals surface area contributed by atoms with Crippen LogP contribution in [0.25, 0.3) is 11.5 Å². The van der Waals surface area contributed by atoms with Crippen molar-refractivity contribution in [2.45, 2.75) is 39.7 Å². The molecular formula is C24H37FIN5O2. The number of rotatable bonds is 10. The van der Waals surface area contributed by atoms with E-state index in [1.165, 1.54) is 12.1 Å². The molecule has 0 radical (unpaired) electrons. The van der Waals surface area contributed by atoms with Gasteiger partial charge in [0.15, 0.2) is 5.96 Å². The Balaban J connectivity index is 0.00000385. The summed E-state index contributed by atoms with van der Waals surface area (Å²) in [5.74, 6) is 1.67. The molecule has 7 nitrogen and oxygen atoms in total. The summed E-state index contributed by atoms with van der Waals surface area (Å²) in [6.45, 7) is 12.4. The van der Waals surface area contributed by atoms with Gasteiger partial charge < -0.3 is 19.8 Å². The van der Waals surface area contributed by atoms with Gasteiger partial charge in [-0.25, -0.2) is 9.37 Å². The van der Waals surface area contributed by atoms with Crippen molar-refractivity contribution >= 4 is 29.9 Å². The number of guanidine groups is 1. The number of halogens is 2. The number of hydrogen-bond donors (Lipinski definition) is 2. The number of benzene rings is 1. The van der Waals surface area contributed by atoms with E-state index >= 15 is 0 Å². The lowest BCUT2D eigenvalue weighted by Crippen LogP contribution is -2.46. The fourth-order valence-corrected chi connectivity index (χ4v) is 3.82. The average molecular weight is 573 g/mol. The molecule has 2 N–H and O–H groups in total. The normalized spacial score (nSPS) is 15.8. The van der Waals surface area contributed by atoms with Gasteiger partial charge in [0.2, 0.25) is 5.89 Å². The lowest BCUT2D eigenvalue weighted by molar-refractivity contribution is 0.0143. The summed E-state index contributed by atoms with van der Waals surface area (Å²) in [7, 11) is 0. The van der Waals surface area contributed by atoms with E-state index in [2.05, 4.69) is 41.3 Å². The second-order valence-electron chi connectivity index (χ2n) is 8.48. The average Bonchev–Trinajstić information content (AvgIpc) is 3.26. The molecular weight excluding hydrogens is 536 g/mol. The Kier molecular flexibility index (Phi) is 12.1. The van der Waals surface area contributed by atoms with E-state index in [0.29, 0.717) is 30.8 Å². The van der Waals surface area contributed by atoms with Crippen molar-refractivity contribution in [2.24, 2.45) is 10.9 Å². The molecule has 2 aromatic rings. The number of morpholine rings is 1. The molecule has 1 aromatic carbocycles. The second kappa shape index (κ2) is 14.5. The molecule has 1 aliphatic rings. The van der Waals surface area contributed by atoms with E-state index in [-0.39, 0.29) is 29.8 Å². The Morgan fingerprint density at radius 1 is 1.18 bits per heavy atom. The number of aromatic nitrogens is 1. The van der Waals surface area contributed by atoms with Crippen molar-refractivity contribution in [3.63, 3.8) is 0 Å². The van der Waals surface area contributed by atoms with Crippen LogP contribution in [0.4, 0.5) is 4.39 Å². The Hall–Kier alpha value is -1.72. The highest BCUT2D eigenvalue weighted by atomic mass is 127. The summed E-state index contributed by atoms with van der Waals surface area (Å²) in [5, 5.41) is 6.73. The molecule has 1 fully saturated rings. The van der Waals surface area contributed by atoms with Gasteiger partial charge in [-0.2, -0.15) is 0 Å². The first-order chi connectivity index (χ1) is 15.5. The molecule has 0 aliphatic carbocycles. The van der Waals surface area contributed by atoms with Crippen molar-refractivity contribution in [2.75, 3.05) is 45.9 Å². The maximum absolute atomic E-state index is 13.1. The predicted octanol–water partition coefficient (Wildman–Crippen LogP) is 3.94. The van der Waals surface area contributed by atoms with Crippen molar-refractivity contribution in [1.82, 2.24) is 20.5 Å². The third kappa shape index (κ3) is 9.21. The first-order valence-electron chi connectivity index (χ1n) is 11.6.